The normalized spacial score (nSPS) is 17.3. The number of carbonyl (C=O) groups is 2. The van der Waals surface area contributed by atoms with E-state index in [1.807, 2.05) is 6.92 Å². The summed E-state index contributed by atoms with van der Waals surface area (Å²) in [6.45, 7) is 5.18. The number of nitrogens with one attached hydrogen (secondary N) is 1. The third-order valence-corrected chi connectivity index (χ3v) is 4.70. The Labute approximate surface area is 152 Å². The van der Waals surface area contributed by atoms with E-state index >= 15 is 0 Å². The number of fused-ring (bicyclic) bond motifs is 1. The number of hydrogen-bond acceptors (Lipinski definition) is 4. The molecule has 2 atom stereocenters. The number of rotatable bonds is 3. The minimum atomic E-state index is -0.680. The van der Waals surface area contributed by atoms with Crippen LogP contribution in [0.2, 0.25) is 0 Å². The topological polar surface area (TPSA) is 77.4 Å². The van der Waals surface area contributed by atoms with Gasteiger partial charge in [-0.15, -0.1) is 0 Å². The van der Waals surface area contributed by atoms with E-state index < -0.39 is 12.1 Å². The van der Waals surface area contributed by atoms with Crippen LogP contribution in [0.3, 0.4) is 0 Å². The third-order valence-electron chi connectivity index (χ3n) is 4.13. The second-order valence-corrected chi connectivity index (χ2v) is 6.93. The first kappa shape index (κ1) is 17.4. The van der Waals surface area contributed by atoms with Crippen molar-refractivity contribution in [1.29, 1.82) is 0 Å². The van der Waals surface area contributed by atoms with Crippen LogP contribution in [0.25, 0.3) is 0 Å². The lowest BCUT2D eigenvalue weighted by atomic mass is 10.0. The second-order valence-electron chi connectivity index (χ2n) is 6.08. The molecular weight excluding hydrogens is 388 g/mol. The van der Waals surface area contributed by atoms with Gasteiger partial charge in [0.2, 0.25) is 0 Å². The molecule has 0 aliphatic carbocycles. The van der Waals surface area contributed by atoms with E-state index in [1.54, 1.807) is 44.3 Å². The van der Waals surface area contributed by atoms with Gasteiger partial charge < -0.3 is 14.6 Å². The lowest BCUT2D eigenvalue weighted by molar-refractivity contribution is -0.122. The van der Waals surface area contributed by atoms with Crippen LogP contribution in [-0.2, 0) is 4.79 Å². The Morgan fingerprint density at radius 2 is 2.04 bits per heavy atom. The molecule has 2 aromatic rings. The maximum Gasteiger partial charge on any atom is 0.265 e. The maximum atomic E-state index is 12.8. The molecule has 1 N–H and O–H groups in total. The van der Waals surface area contributed by atoms with Crippen molar-refractivity contribution in [2.24, 2.45) is 0 Å². The summed E-state index contributed by atoms with van der Waals surface area (Å²) in [6, 6.07) is 5.90. The van der Waals surface area contributed by atoms with E-state index in [-0.39, 0.29) is 17.2 Å². The smallest absolute Gasteiger partial charge is 0.265 e. The maximum absolute atomic E-state index is 12.8. The molecule has 1 amide bonds. The fourth-order valence-electron chi connectivity index (χ4n) is 2.72. The van der Waals surface area contributed by atoms with Crippen molar-refractivity contribution in [2.45, 2.75) is 32.9 Å². The number of ether oxygens (including phenoxy) is 1. The molecule has 0 saturated heterocycles. The number of pyridine rings is 1. The zero-order valence-electron chi connectivity index (χ0n) is 14.0. The van der Waals surface area contributed by atoms with Crippen LogP contribution in [0.15, 0.2) is 39.7 Å². The first-order valence-electron chi connectivity index (χ1n) is 7.82. The zero-order chi connectivity index (χ0) is 18.3. The highest BCUT2D eigenvalue weighted by Crippen LogP contribution is 2.31. The molecule has 2 heterocycles. The highest BCUT2D eigenvalue weighted by atomic mass is 79.9. The van der Waals surface area contributed by atoms with Crippen molar-refractivity contribution in [3.05, 3.63) is 56.4 Å². The number of amides is 1. The van der Waals surface area contributed by atoms with Gasteiger partial charge in [0.15, 0.2) is 11.9 Å². The number of aromatic nitrogens is 1. The predicted molar refractivity (Wildman–Crippen MR) is 97.3 cm³/mol. The van der Waals surface area contributed by atoms with Crippen molar-refractivity contribution in [2.75, 3.05) is 5.32 Å². The number of Topliss-reactive ketones (excluding diaryl/α,β-unsaturated/α-hetero) is 1. The molecule has 0 saturated carbocycles. The Kier molecular flexibility index (Phi) is 4.51. The number of ketones is 1. The van der Waals surface area contributed by atoms with Gasteiger partial charge in [0.05, 0.1) is 16.2 Å². The van der Waals surface area contributed by atoms with E-state index in [4.69, 9.17) is 4.74 Å². The SMILES string of the molecule is Cc1cc(Br)c(=O)n(C(C)C(=O)c2ccc3c(c2)NC(=O)C(C)O3)c1. The van der Waals surface area contributed by atoms with E-state index in [9.17, 15) is 14.4 Å². The van der Waals surface area contributed by atoms with E-state index in [0.29, 0.717) is 21.5 Å². The summed E-state index contributed by atoms with van der Waals surface area (Å²) in [5.41, 5.74) is 1.45. The van der Waals surface area contributed by atoms with E-state index in [0.717, 1.165) is 5.56 Å². The fraction of sp³-hybridized carbons (Fsp3) is 0.278. The molecule has 130 valence electrons. The highest BCUT2D eigenvalue weighted by Gasteiger charge is 2.26. The highest BCUT2D eigenvalue weighted by molar-refractivity contribution is 9.10. The molecule has 3 rings (SSSR count). The first-order chi connectivity index (χ1) is 11.8. The molecule has 0 bridgehead atoms. The van der Waals surface area contributed by atoms with Crippen molar-refractivity contribution in [3.63, 3.8) is 0 Å². The first-order valence-corrected chi connectivity index (χ1v) is 8.61. The van der Waals surface area contributed by atoms with Crippen LogP contribution in [0.4, 0.5) is 5.69 Å². The number of nitrogens with zero attached hydrogens (tertiary/aromatic N) is 1. The molecule has 0 spiro atoms. The number of halogens is 1. The second kappa shape index (κ2) is 6.48. The zero-order valence-corrected chi connectivity index (χ0v) is 15.6. The molecule has 25 heavy (non-hydrogen) atoms. The average Bonchev–Trinajstić information content (AvgIpc) is 2.57. The van der Waals surface area contributed by atoms with Gasteiger partial charge in [-0.2, -0.15) is 0 Å². The molecule has 2 unspecified atom stereocenters. The number of anilines is 1. The van der Waals surface area contributed by atoms with Crippen LogP contribution in [0.5, 0.6) is 5.75 Å². The van der Waals surface area contributed by atoms with Gasteiger partial charge in [0.1, 0.15) is 5.75 Å². The minimum Gasteiger partial charge on any atom is -0.479 e. The third kappa shape index (κ3) is 3.24. The fourth-order valence-corrected chi connectivity index (χ4v) is 3.28. The summed E-state index contributed by atoms with van der Waals surface area (Å²) in [6.07, 6.45) is 1.08. The van der Waals surface area contributed by atoms with Crippen molar-refractivity contribution in [1.82, 2.24) is 4.57 Å². The lowest BCUT2D eigenvalue weighted by Gasteiger charge is -2.24. The van der Waals surface area contributed by atoms with Crippen molar-refractivity contribution >= 4 is 33.3 Å². The van der Waals surface area contributed by atoms with Gasteiger partial charge in [-0.05, 0) is 66.5 Å². The number of benzene rings is 1. The van der Waals surface area contributed by atoms with Crippen LogP contribution < -0.4 is 15.6 Å². The van der Waals surface area contributed by atoms with Gasteiger partial charge in [-0.25, -0.2) is 0 Å². The summed E-state index contributed by atoms with van der Waals surface area (Å²) in [5.74, 6) is 0.0334. The van der Waals surface area contributed by atoms with Gasteiger partial charge in [0.25, 0.3) is 11.5 Å². The van der Waals surface area contributed by atoms with E-state index in [1.165, 1.54) is 4.57 Å². The summed E-state index contributed by atoms with van der Waals surface area (Å²) >= 11 is 3.22. The lowest BCUT2D eigenvalue weighted by Crippen LogP contribution is -2.34. The van der Waals surface area contributed by atoms with Crippen LogP contribution in [0.1, 0.15) is 35.8 Å². The van der Waals surface area contributed by atoms with Crippen molar-refractivity contribution < 1.29 is 14.3 Å². The Balaban J connectivity index is 1.95. The largest absolute Gasteiger partial charge is 0.479 e. The molecule has 1 aliphatic heterocycles. The standard InChI is InChI=1S/C18H17BrN2O4/c1-9-6-13(19)18(24)21(8-9)10(2)16(22)12-4-5-15-14(7-12)20-17(23)11(3)25-15/h4-8,10-11H,1-3H3,(H,20,23). The molecule has 1 aliphatic rings. The van der Waals surface area contributed by atoms with Gasteiger partial charge in [-0.1, -0.05) is 0 Å². The van der Waals surface area contributed by atoms with Gasteiger partial charge >= 0.3 is 0 Å². The molecule has 0 fully saturated rings. The molecule has 7 heteroatoms. The monoisotopic (exact) mass is 404 g/mol. The van der Waals surface area contributed by atoms with Crippen LogP contribution in [0, 0.1) is 6.92 Å². The number of hydrogen-bond donors (Lipinski definition) is 1. The van der Waals surface area contributed by atoms with Crippen LogP contribution in [-0.4, -0.2) is 22.4 Å². The average molecular weight is 405 g/mol. The quantitative estimate of drug-likeness (QED) is 0.797. The van der Waals surface area contributed by atoms with Gasteiger partial charge in [-0.3, -0.25) is 14.4 Å². The summed E-state index contributed by atoms with van der Waals surface area (Å²) in [5, 5.41) is 2.72. The predicted octanol–water partition coefficient (Wildman–Crippen LogP) is 3.08. The van der Waals surface area contributed by atoms with Crippen LogP contribution >= 0.6 is 15.9 Å². The van der Waals surface area contributed by atoms with E-state index in [2.05, 4.69) is 21.2 Å². The minimum absolute atomic E-state index is 0.227. The Hall–Kier alpha value is -2.41. The molecule has 6 nitrogen and oxygen atoms in total. The Bertz CT molecular complexity index is 935. The molecule has 0 radical (unpaired) electrons. The van der Waals surface area contributed by atoms with Gasteiger partial charge in [0, 0.05) is 11.8 Å². The molecule has 1 aromatic carbocycles. The summed E-state index contributed by atoms with van der Waals surface area (Å²) < 4.78 is 7.30. The summed E-state index contributed by atoms with van der Waals surface area (Å²) in [4.78, 5) is 36.9. The Morgan fingerprint density at radius 3 is 2.76 bits per heavy atom. The molecule has 1 aromatic heterocycles. The number of aryl methyl sites for hydroxylation is 1. The Morgan fingerprint density at radius 1 is 1.32 bits per heavy atom. The number of carbonyl (C=O) groups excluding carboxylic acids is 2. The summed E-state index contributed by atoms with van der Waals surface area (Å²) in [7, 11) is 0. The van der Waals surface area contributed by atoms with Crippen molar-refractivity contribution in [3.8, 4) is 5.75 Å². The molecular formula is C18H17BrN2O4.